The smallest absolute Gasteiger partial charge is 0.118 e. The number of hydrogen-bond donors (Lipinski definition) is 1. The van der Waals surface area contributed by atoms with Crippen LogP contribution in [0.5, 0.6) is 5.75 Å². The molecule has 1 fully saturated rings. The van der Waals surface area contributed by atoms with E-state index in [2.05, 4.69) is 45.3 Å². The van der Waals surface area contributed by atoms with Gasteiger partial charge in [-0.25, -0.2) is 0 Å². The van der Waals surface area contributed by atoms with Crippen molar-refractivity contribution in [1.82, 2.24) is 0 Å². The zero-order valence-corrected chi connectivity index (χ0v) is 16.6. The summed E-state index contributed by atoms with van der Waals surface area (Å²) < 4.78 is 5.31. The Kier molecular flexibility index (Phi) is 4.29. The maximum Gasteiger partial charge on any atom is 0.118 e. The molecule has 130 valence electrons. The first kappa shape index (κ1) is 17.5. The van der Waals surface area contributed by atoms with E-state index in [1.165, 1.54) is 16.7 Å². The van der Waals surface area contributed by atoms with Crippen LogP contribution in [0.3, 0.4) is 0 Å². The average molecular weight is 343 g/mol. The molecule has 3 rings (SSSR count). The second-order valence-corrected chi connectivity index (χ2v) is 13.9. The van der Waals surface area contributed by atoms with Crippen LogP contribution in [0.1, 0.15) is 31.7 Å². The van der Waals surface area contributed by atoms with Gasteiger partial charge in [0, 0.05) is 0 Å². The normalized spacial score (nSPS) is 30.5. The van der Waals surface area contributed by atoms with E-state index in [1.54, 1.807) is 12.3 Å². The fraction of sp³-hybridized carbons (Fsp3) is 0.524. The summed E-state index contributed by atoms with van der Waals surface area (Å²) in [5.41, 5.74) is 4.03. The average Bonchev–Trinajstić information content (AvgIpc) is 2.81. The molecule has 1 aromatic rings. The summed E-state index contributed by atoms with van der Waals surface area (Å²) in [7, 11) is 0.212. The first-order chi connectivity index (χ1) is 11.2. The number of aliphatic hydroxyl groups is 1. The molecule has 0 saturated heterocycles. The Hall–Kier alpha value is -1.32. The standard InChI is InChI=1S/C21H30O2Si/c1-14-18-11-16(22)12-21(18,2)13-19(24(4,5)6)20(14)15-7-9-17(23-3)10-8-15/h7-10,16,18,22H,1,11-13H2,2-6H3/t16-,18+,21?/m1/s1. The number of methoxy groups -OCH3 is 1. The van der Waals surface area contributed by atoms with Gasteiger partial charge in [0.15, 0.2) is 0 Å². The van der Waals surface area contributed by atoms with Gasteiger partial charge in [-0.2, -0.15) is 0 Å². The predicted octanol–water partition coefficient (Wildman–Crippen LogP) is 5.06. The Morgan fingerprint density at radius 2 is 1.83 bits per heavy atom. The summed E-state index contributed by atoms with van der Waals surface area (Å²) in [6.45, 7) is 14.1. The van der Waals surface area contributed by atoms with Gasteiger partial charge in [-0.05, 0) is 59.4 Å². The van der Waals surface area contributed by atoms with Gasteiger partial charge < -0.3 is 9.84 Å². The van der Waals surface area contributed by atoms with E-state index in [1.807, 2.05) is 12.1 Å². The van der Waals surface area contributed by atoms with Gasteiger partial charge in [0.05, 0.1) is 21.3 Å². The molecule has 2 nitrogen and oxygen atoms in total. The molecule has 3 atom stereocenters. The molecule has 1 unspecified atom stereocenters. The van der Waals surface area contributed by atoms with Gasteiger partial charge in [-0.15, -0.1) is 0 Å². The summed E-state index contributed by atoms with van der Waals surface area (Å²) in [5, 5.41) is 11.9. The van der Waals surface area contributed by atoms with Crippen molar-refractivity contribution in [3.8, 4) is 5.75 Å². The molecule has 1 aromatic carbocycles. The van der Waals surface area contributed by atoms with E-state index in [0.717, 1.165) is 25.0 Å². The minimum Gasteiger partial charge on any atom is -0.497 e. The van der Waals surface area contributed by atoms with Crippen LogP contribution in [0, 0.1) is 11.3 Å². The fourth-order valence-corrected chi connectivity index (χ4v) is 6.69. The van der Waals surface area contributed by atoms with Crippen LogP contribution in [-0.2, 0) is 0 Å². The summed E-state index contributed by atoms with van der Waals surface area (Å²) in [5.74, 6) is 1.28. The highest BCUT2D eigenvalue weighted by molar-refractivity contribution is 6.84. The Morgan fingerprint density at radius 3 is 2.38 bits per heavy atom. The van der Waals surface area contributed by atoms with Crippen molar-refractivity contribution in [3.63, 3.8) is 0 Å². The zero-order valence-electron chi connectivity index (χ0n) is 15.6. The molecule has 0 radical (unpaired) electrons. The summed E-state index contributed by atoms with van der Waals surface area (Å²) in [6, 6.07) is 8.39. The van der Waals surface area contributed by atoms with Gasteiger partial charge in [0.2, 0.25) is 0 Å². The molecule has 1 N–H and O–H groups in total. The third-order valence-corrected chi connectivity index (χ3v) is 8.20. The van der Waals surface area contributed by atoms with E-state index in [0.29, 0.717) is 5.92 Å². The van der Waals surface area contributed by atoms with Crippen molar-refractivity contribution in [2.75, 3.05) is 7.11 Å². The van der Waals surface area contributed by atoms with Gasteiger partial charge >= 0.3 is 0 Å². The summed E-state index contributed by atoms with van der Waals surface area (Å²) in [6.07, 6.45) is 2.68. The highest BCUT2D eigenvalue weighted by Gasteiger charge is 2.50. The summed E-state index contributed by atoms with van der Waals surface area (Å²) >= 11 is 0. The molecule has 1 saturated carbocycles. The van der Waals surface area contributed by atoms with Crippen LogP contribution >= 0.6 is 0 Å². The molecule has 0 bridgehead atoms. The molecule has 3 heteroatoms. The van der Waals surface area contributed by atoms with Crippen LogP contribution in [0.2, 0.25) is 19.6 Å². The number of fused-ring (bicyclic) bond motifs is 1. The molecule has 0 spiro atoms. The second kappa shape index (κ2) is 5.89. The third kappa shape index (κ3) is 2.89. The first-order valence-corrected chi connectivity index (χ1v) is 12.4. The highest BCUT2D eigenvalue weighted by atomic mass is 28.3. The lowest BCUT2D eigenvalue weighted by Gasteiger charge is -2.44. The number of aliphatic hydroxyl groups excluding tert-OH is 1. The predicted molar refractivity (Wildman–Crippen MR) is 104 cm³/mol. The highest BCUT2D eigenvalue weighted by Crippen LogP contribution is 2.58. The molecule has 0 heterocycles. The summed E-state index contributed by atoms with van der Waals surface area (Å²) in [4.78, 5) is 0. The zero-order chi connectivity index (χ0) is 17.7. The van der Waals surface area contributed by atoms with Crippen LogP contribution in [0.4, 0.5) is 0 Å². The quantitative estimate of drug-likeness (QED) is 0.778. The van der Waals surface area contributed by atoms with Gasteiger partial charge in [-0.3, -0.25) is 0 Å². The molecular formula is C21H30O2Si. The molecule has 0 amide bonds. The van der Waals surface area contributed by atoms with Crippen molar-refractivity contribution in [2.45, 2.75) is 51.9 Å². The lowest BCUT2D eigenvalue weighted by Crippen LogP contribution is -2.37. The largest absolute Gasteiger partial charge is 0.497 e. The minimum absolute atomic E-state index is 0.169. The van der Waals surface area contributed by atoms with Crippen molar-refractivity contribution in [2.24, 2.45) is 11.3 Å². The SMILES string of the molecule is C=C1C(c2ccc(OC)cc2)=C([Si](C)(C)C)CC2(C)C[C@H](O)C[C@@H]12. The third-order valence-electron chi connectivity index (χ3n) is 5.96. The van der Waals surface area contributed by atoms with E-state index in [4.69, 9.17) is 4.74 Å². The van der Waals surface area contributed by atoms with E-state index < -0.39 is 8.07 Å². The van der Waals surface area contributed by atoms with Gasteiger partial charge in [0.25, 0.3) is 0 Å². The van der Waals surface area contributed by atoms with Crippen molar-refractivity contribution in [1.29, 1.82) is 0 Å². The van der Waals surface area contributed by atoms with E-state index >= 15 is 0 Å². The van der Waals surface area contributed by atoms with Crippen LogP contribution in [0.15, 0.2) is 41.6 Å². The number of benzene rings is 1. The Bertz CT molecular complexity index is 681. The molecule has 0 aliphatic heterocycles. The lowest BCUT2D eigenvalue weighted by molar-refractivity contribution is 0.163. The van der Waals surface area contributed by atoms with Crippen molar-refractivity contribution in [3.05, 3.63) is 47.2 Å². The number of ether oxygens (including phenoxy) is 1. The Morgan fingerprint density at radius 1 is 1.21 bits per heavy atom. The van der Waals surface area contributed by atoms with Gasteiger partial charge in [0.1, 0.15) is 5.75 Å². The maximum absolute atomic E-state index is 10.3. The van der Waals surface area contributed by atoms with Crippen molar-refractivity contribution < 1.29 is 9.84 Å². The van der Waals surface area contributed by atoms with Crippen molar-refractivity contribution >= 4 is 13.6 Å². The number of rotatable bonds is 3. The second-order valence-electron chi connectivity index (χ2n) is 8.83. The topological polar surface area (TPSA) is 29.5 Å². The fourth-order valence-electron chi connectivity index (χ4n) is 4.70. The van der Waals surface area contributed by atoms with Gasteiger partial charge in [-0.1, -0.05) is 50.5 Å². The molecular weight excluding hydrogens is 312 g/mol. The molecule has 2 aliphatic rings. The maximum atomic E-state index is 10.3. The van der Waals surface area contributed by atoms with Crippen LogP contribution in [0.25, 0.3) is 5.57 Å². The first-order valence-electron chi connectivity index (χ1n) is 8.91. The molecule has 0 aromatic heterocycles. The number of allylic oxidation sites excluding steroid dienone is 3. The van der Waals surface area contributed by atoms with Crippen LogP contribution in [-0.4, -0.2) is 26.4 Å². The number of hydrogen-bond acceptors (Lipinski definition) is 2. The minimum atomic E-state index is -1.49. The molecule has 24 heavy (non-hydrogen) atoms. The molecule has 2 aliphatic carbocycles. The Labute approximate surface area is 147 Å². The van der Waals surface area contributed by atoms with Crippen LogP contribution < -0.4 is 4.74 Å². The monoisotopic (exact) mass is 342 g/mol. The van der Waals surface area contributed by atoms with E-state index in [9.17, 15) is 5.11 Å². The Balaban J connectivity index is 2.14. The lowest BCUT2D eigenvalue weighted by atomic mass is 9.67. The van der Waals surface area contributed by atoms with E-state index in [-0.39, 0.29) is 11.5 Å².